The van der Waals surface area contributed by atoms with Crippen molar-refractivity contribution < 1.29 is 44.2 Å². The van der Waals surface area contributed by atoms with E-state index in [1.807, 2.05) is 6.07 Å². The molecule has 1 saturated heterocycles. The number of fused-ring (bicyclic) bond motifs is 4. The number of hydrogen-bond donors (Lipinski definition) is 6. The number of phenols is 1. The zero-order chi connectivity index (χ0) is 26.6. The van der Waals surface area contributed by atoms with Crippen LogP contribution in [-0.4, -0.2) is 101 Å². The molecule has 1 saturated carbocycles. The number of nitrogens with one attached hydrogen (secondary N) is 2. The fraction of sp³-hybridized carbons (Fsp3) is 0.462. The molecule has 12 nitrogen and oxygen atoms in total. The zero-order valence-electron chi connectivity index (χ0n) is 20.4. The lowest BCUT2D eigenvalue weighted by atomic mass is 9.68. The van der Waals surface area contributed by atoms with Gasteiger partial charge in [-0.1, -0.05) is 12.1 Å². The lowest BCUT2D eigenvalue weighted by Gasteiger charge is -2.49. The predicted molar refractivity (Wildman–Crippen MR) is 130 cm³/mol. The van der Waals surface area contributed by atoms with E-state index < -0.39 is 53.9 Å². The molecule has 4 aliphatic rings. The summed E-state index contributed by atoms with van der Waals surface area (Å²) >= 11 is 0. The summed E-state index contributed by atoms with van der Waals surface area (Å²) in [7, 11) is 0. The number of nitrogens with zero attached hydrogens (tertiary/aromatic N) is 1. The molecule has 38 heavy (non-hydrogen) atoms. The van der Waals surface area contributed by atoms with E-state index in [9.17, 15) is 30.0 Å². The molecule has 2 fully saturated rings. The van der Waals surface area contributed by atoms with Crippen molar-refractivity contribution in [3.63, 3.8) is 0 Å². The Hall–Kier alpha value is -3.42. The minimum Gasteiger partial charge on any atom is -0.504 e. The van der Waals surface area contributed by atoms with Crippen LogP contribution in [0.3, 0.4) is 0 Å². The molecule has 3 heterocycles. The number of benzene rings is 2. The third kappa shape index (κ3) is 4.14. The van der Waals surface area contributed by atoms with Gasteiger partial charge in [-0.25, -0.2) is 0 Å². The van der Waals surface area contributed by atoms with Gasteiger partial charge in [-0.2, -0.15) is 0 Å². The second kappa shape index (κ2) is 9.71. The lowest BCUT2D eigenvalue weighted by Crippen LogP contribution is -2.69. The van der Waals surface area contributed by atoms with E-state index in [0.29, 0.717) is 25.3 Å². The van der Waals surface area contributed by atoms with E-state index in [-0.39, 0.29) is 29.4 Å². The molecular formula is C26H29N3O9. The van der Waals surface area contributed by atoms with Gasteiger partial charge in [0.25, 0.3) is 11.8 Å². The molecule has 1 aliphatic carbocycles. The number of hydrogen-bond acceptors (Lipinski definition) is 10. The Bertz CT molecular complexity index is 1260. The minimum atomic E-state index is -1.64. The summed E-state index contributed by atoms with van der Waals surface area (Å²) in [4.78, 5) is 28.6. The average Bonchev–Trinajstić information content (AvgIpc) is 3.40. The minimum absolute atomic E-state index is 0.0203. The van der Waals surface area contributed by atoms with E-state index in [2.05, 4.69) is 15.5 Å². The van der Waals surface area contributed by atoms with Crippen LogP contribution in [-0.2, 0) is 11.3 Å². The molecule has 0 aromatic heterocycles. The Morgan fingerprint density at radius 2 is 1.87 bits per heavy atom. The van der Waals surface area contributed by atoms with E-state index >= 15 is 0 Å². The maximum absolute atomic E-state index is 13.4. The van der Waals surface area contributed by atoms with Crippen molar-refractivity contribution in [2.45, 2.75) is 42.9 Å². The van der Waals surface area contributed by atoms with Crippen molar-refractivity contribution in [3.05, 3.63) is 52.6 Å². The summed E-state index contributed by atoms with van der Waals surface area (Å²) in [5.41, 5.74) is 1.45. The molecule has 0 spiro atoms. The third-order valence-corrected chi connectivity index (χ3v) is 7.76. The van der Waals surface area contributed by atoms with Gasteiger partial charge in [0, 0.05) is 31.1 Å². The summed E-state index contributed by atoms with van der Waals surface area (Å²) in [6.45, 7) is 3.41. The van der Waals surface area contributed by atoms with Crippen LogP contribution in [0.2, 0.25) is 0 Å². The number of carbonyl (C=O) groups excluding carboxylic acids is 2. The molecule has 6 N–H and O–H groups in total. The van der Waals surface area contributed by atoms with E-state index in [4.69, 9.17) is 14.2 Å². The fourth-order valence-corrected chi connectivity index (χ4v) is 5.84. The van der Waals surface area contributed by atoms with Crippen LogP contribution in [0.1, 0.15) is 37.8 Å². The Balaban J connectivity index is 1.32. The van der Waals surface area contributed by atoms with E-state index in [1.54, 1.807) is 18.2 Å². The molecule has 6 atom stereocenters. The molecule has 2 aromatic rings. The fourth-order valence-electron chi connectivity index (χ4n) is 5.84. The number of morpholine rings is 1. The smallest absolute Gasteiger partial charge is 0.255 e. The number of phenolic OH excluding ortho intramolecular Hbond substituents is 1. The molecule has 2 amide bonds. The van der Waals surface area contributed by atoms with Crippen LogP contribution in [0.25, 0.3) is 0 Å². The Kier molecular flexibility index (Phi) is 6.36. The van der Waals surface area contributed by atoms with Gasteiger partial charge in [-0.3, -0.25) is 14.5 Å². The van der Waals surface area contributed by atoms with Gasteiger partial charge in [0.15, 0.2) is 11.5 Å². The first-order valence-electron chi connectivity index (χ1n) is 12.5. The second-order valence-corrected chi connectivity index (χ2v) is 10.0. The number of aliphatic hydroxyl groups excluding tert-OH is 3. The van der Waals surface area contributed by atoms with Gasteiger partial charge in [-0.15, -0.1) is 0 Å². The Morgan fingerprint density at radius 3 is 2.66 bits per heavy atom. The molecule has 6 rings (SSSR count). The first kappa shape index (κ1) is 24.9. The molecule has 2 aromatic carbocycles. The number of aromatic hydroxyl groups is 1. The predicted octanol–water partition coefficient (Wildman–Crippen LogP) is -0.956. The van der Waals surface area contributed by atoms with Crippen molar-refractivity contribution in [1.29, 1.82) is 0 Å². The highest BCUT2D eigenvalue weighted by atomic mass is 16.7. The number of rotatable bonds is 4. The maximum Gasteiger partial charge on any atom is 0.255 e. The average molecular weight is 528 g/mol. The van der Waals surface area contributed by atoms with Crippen LogP contribution in [0.15, 0.2) is 30.3 Å². The first-order chi connectivity index (χ1) is 18.3. The van der Waals surface area contributed by atoms with Crippen molar-refractivity contribution in [3.8, 4) is 17.2 Å². The van der Waals surface area contributed by atoms with Crippen LogP contribution in [0.4, 0.5) is 0 Å². The largest absolute Gasteiger partial charge is 0.504 e. The van der Waals surface area contributed by atoms with Gasteiger partial charge in [0.1, 0.15) is 18.3 Å². The standard InChI is InChI=1S/C26H29N3O9/c30-20-17-14(9-15-24(20)38-11-37-15)16-18(21(31)23(33)22(32)19(16)28-26(17)35)27-25(34)13-3-1-2-12(8-13)10-29-4-6-36-7-5-29/h1-3,8-9,16,18-19,21-23,30-33H,4-7,10-11H2,(H,27,34)(H,28,35). The number of amides is 2. The van der Waals surface area contributed by atoms with Crippen LogP contribution in [0, 0.1) is 0 Å². The molecule has 6 unspecified atom stereocenters. The van der Waals surface area contributed by atoms with Gasteiger partial charge in [-0.05, 0) is 29.3 Å². The van der Waals surface area contributed by atoms with Crippen molar-refractivity contribution in [2.24, 2.45) is 0 Å². The summed E-state index contributed by atoms with van der Waals surface area (Å²) in [5.74, 6) is -2.28. The summed E-state index contributed by atoms with van der Waals surface area (Å²) < 4.78 is 16.1. The molecular weight excluding hydrogens is 498 g/mol. The van der Waals surface area contributed by atoms with Crippen LogP contribution >= 0.6 is 0 Å². The van der Waals surface area contributed by atoms with Gasteiger partial charge >= 0.3 is 0 Å². The Morgan fingerprint density at radius 1 is 1.08 bits per heavy atom. The van der Waals surface area contributed by atoms with Crippen LogP contribution < -0.4 is 20.1 Å². The third-order valence-electron chi connectivity index (χ3n) is 7.76. The lowest BCUT2D eigenvalue weighted by molar-refractivity contribution is -0.117. The maximum atomic E-state index is 13.4. The number of ether oxygens (including phenoxy) is 3. The molecule has 202 valence electrons. The quantitative estimate of drug-likeness (QED) is 0.291. The van der Waals surface area contributed by atoms with E-state index in [0.717, 1.165) is 18.7 Å². The zero-order valence-corrected chi connectivity index (χ0v) is 20.4. The van der Waals surface area contributed by atoms with Crippen LogP contribution in [0.5, 0.6) is 17.2 Å². The monoisotopic (exact) mass is 527 g/mol. The highest BCUT2D eigenvalue weighted by Crippen LogP contribution is 2.50. The summed E-state index contributed by atoms with van der Waals surface area (Å²) in [6, 6.07) is 6.46. The normalized spacial score (nSPS) is 30.2. The van der Waals surface area contributed by atoms with Gasteiger partial charge < -0.3 is 45.3 Å². The molecule has 0 bridgehead atoms. The van der Waals surface area contributed by atoms with Gasteiger partial charge in [0.2, 0.25) is 12.5 Å². The van der Waals surface area contributed by atoms with Crippen molar-refractivity contribution >= 4 is 11.8 Å². The number of carbonyl (C=O) groups is 2. The SMILES string of the molecule is O=C(NC1C(O)C(O)C(O)C2NC(=O)c3c(cc4c(c3O)OCO4)C12)c1cccc(CN2CCOCC2)c1. The highest BCUT2D eigenvalue weighted by molar-refractivity contribution is 6.02. The second-order valence-electron chi connectivity index (χ2n) is 10.0. The molecule has 0 radical (unpaired) electrons. The summed E-state index contributed by atoms with van der Waals surface area (Å²) in [6.07, 6.45) is -4.73. The molecule has 12 heteroatoms. The topological polar surface area (TPSA) is 170 Å². The summed E-state index contributed by atoms with van der Waals surface area (Å²) in [5, 5.41) is 48.5. The van der Waals surface area contributed by atoms with Crippen molar-refractivity contribution in [1.82, 2.24) is 15.5 Å². The van der Waals surface area contributed by atoms with Gasteiger partial charge in [0.05, 0.1) is 30.9 Å². The molecule has 3 aliphatic heterocycles. The Labute approximate surface area is 217 Å². The highest BCUT2D eigenvalue weighted by Gasteiger charge is 2.54. The van der Waals surface area contributed by atoms with E-state index in [1.165, 1.54) is 6.07 Å². The first-order valence-corrected chi connectivity index (χ1v) is 12.5. The number of aliphatic hydroxyl groups is 3. The van der Waals surface area contributed by atoms with Crippen molar-refractivity contribution in [2.75, 3.05) is 33.1 Å².